The molecule has 0 bridgehead atoms. The van der Waals surface area contributed by atoms with Crippen LogP contribution in [0.4, 0.5) is 17.1 Å². The van der Waals surface area contributed by atoms with Gasteiger partial charge in [0, 0.05) is 29.1 Å². The molecule has 0 atom stereocenters. The monoisotopic (exact) mass is 416 g/mol. The molecule has 4 rings (SSSR count). The second-order valence-electron chi connectivity index (χ2n) is 8.06. The van der Waals surface area contributed by atoms with E-state index in [-0.39, 0.29) is 5.75 Å². The maximum Gasteiger partial charge on any atom is 0.300 e. The Labute approximate surface area is 181 Å². The number of carboxylic acid groups (broad SMARTS) is 1. The normalized spacial score (nSPS) is 11.5. The van der Waals surface area contributed by atoms with Crippen molar-refractivity contribution in [2.45, 2.75) is 6.92 Å². The molecule has 0 spiro atoms. The molecule has 4 aromatic rings. The maximum absolute atomic E-state index is 10.1. The van der Waals surface area contributed by atoms with Crippen LogP contribution in [0.1, 0.15) is 6.92 Å². The summed E-state index contributed by atoms with van der Waals surface area (Å²) in [7, 11) is 6.44. The zero-order valence-electron chi connectivity index (χ0n) is 18.1. The van der Waals surface area contributed by atoms with E-state index in [0.717, 1.165) is 44.3 Å². The molecule has 0 heterocycles. The van der Waals surface area contributed by atoms with Crippen LogP contribution in [-0.4, -0.2) is 37.3 Å². The number of phenolic OH excluding ortho intramolecular Hbond substituents is 1. The van der Waals surface area contributed by atoms with Gasteiger partial charge in [-0.15, -0.1) is 10.2 Å². The van der Waals surface area contributed by atoms with Gasteiger partial charge in [-0.1, -0.05) is 36.4 Å². The second kappa shape index (κ2) is 8.93. The summed E-state index contributed by atoms with van der Waals surface area (Å²) in [6.45, 7) is 1.08. The Hall–Kier alpha value is -3.77. The van der Waals surface area contributed by atoms with Crippen LogP contribution in [0.3, 0.4) is 0 Å². The summed E-state index contributed by atoms with van der Waals surface area (Å²) in [4.78, 5) is 9.00. The summed E-state index contributed by atoms with van der Waals surface area (Å²) in [6, 6.07) is 23.6. The molecule has 0 aromatic heterocycles. The Morgan fingerprint density at radius 2 is 1.39 bits per heavy atom. The number of nitrogens with zero attached hydrogens (tertiary/aromatic N) is 3. The fourth-order valence-corrected chi connectivity index (χ4v) is 3.21. The van der Waals surface area contributed by atoms with Gasteiger partial charge in [-0.2, -0.15) is 0 Å². The van der Waals surface area contributed by atoms with Crippen LogP contribution < -0.4 is 4.48 Å². The summed E-state index contributed by atoms with van der Waals surface area (Å²) >= 11 is 0. The smallest absolute Gasteiger partial charge is 0.300 e. The van der Waals surface area contributed by atoms with Crippen molar-refractivity contribution in [1.29, 1.82) is 0 Å². The Kier molecular flexibility index (Phi) is 6.32. The van der Waals surface area contributed by atoms with Crippen molar-refractivity contribution in [2.75, 3.05) is 21.1 Å². The molecular formula is C25H26N3O3+. The molecule has 6 heteroatoms. The number of hydrogen-bond acceptors (Lipinski definition) is 4. The highest BCUT2D eigenvalue weighted by Crippen LogP contribution is 2.35. The SMILES string of the molecule is CC(=O)O.C[N+](C)(C)c1ccc2cccc(N=Nc3ccc(O)c4ccccc34)c2c1. The Morgan fingerprint density at radius 3 is 2.03 bits per heavy atom. The third kappa shape index (κ3) is 5.24. The van der Waals surface area contributed by atoms with E-state index in [9.17, 15) is 5.11 Å². The zero-order valence-corrected chi connectivity index (χ0v) is 18.1. The molecule has 0 aliphatic rings. The molecular weight excluding hydrogens is 390 g/mol. The summed E-state index contributed by atoms with van der Waals surface area (Å²) in [5.74, 6) is -0.581. The third-order valence-corrected chi connectivity index (χ3v) is 4.76. The van der Waals surface area contributed by atoms with Crippen molar-refractivity contribution in [1.82, 2.24) is 4.48 Å². The number of carbonyl (C=O) groups is 1. The van der Waals surface area contributed by atoms with E-state index in [1.165, 1.54) is 5.69 Å². The van der Waals surface area contributed by atoms with Crippen LogP contribution in [0, 0.1) is 0 Å². The van der Waals surface area contributed by atoms with Crippen molar-refractivity contribution in [2.24, 2.45) is 10.2 Å². The molecule has 0 fully saturated rings. The number of aromatic hydroxyl groups is 1. The molecule has 0 saturated heterocycles. The Bertz CT molecular complexity index is 1270. The van der Waals surface area contributed by atoms with Crippen molar-refractivity contribution < 1.29 is 15.0 Å². The first-order valence-electron chi connectivity index (χ1n) is 9.83. The number of benzene rings is 4. The van der Waals surface area contributed by atoms with Crippen molar-refractivity contribution >= 4 is 44.6 Å². The van der Waals surface area contributed by atoms with Crippen LogP contribution >= 0.6 is 0 Å². The minimum absolute atomic E-state index is 0.252. The standard InChI is InChI=1S/C23H21N3O.C2H4O2/c1-26(2,3)17-12-11-16-7-6-10-21(20(16)15-17)24-25-22-13-14-23(27)19-9-5-4-8-18(19)22;1-2(3)4/h4-15H,1-3H3;1H3,(H,3,4)/p+1. The number of carboxylic acids is 1. The van der Waals surface area contributed by atoms with Crippen molar-refractivity contribution in [3.8, 4) is 5.75 Å². The van der Waals surface area contributed by atoms with Gasteiger partial charge in [-0.05, 0) is 35.7 Å². The molecule has 6 nitrogen and oxygen atoms in total. The van der Waals surface area contributed by atoms with Gasteiger partial charge in [-0.3, -0.25) is 9.28 Å². The number of quaternary nitrogens is 1. The third-order valence-electron chi connectivity index (χ3n) is 4.76. The van der Waals surface area contributed by atoms with E-state index >= 15 is 0 Å². The van der Waals surface area contributed by atoms with E-state index in [1.54, 1.807) is 12.1 Å². The van der Waals surface area contributed by atoms with Crippen molar-refractivity contribution in [3.05, 3.63) is 72.8 Å². The van der Waals surface area contributed by atoms with Crippen molar-refractivity contribution in [3.63, 3.8) is 0 Å². The lowest BCUT2D eigenvalue weighted by molar-refractivity contribution is -0.134. The van der Waals surface area contributed by atoms with Gasteiger partial charge in [-0.25, -0.2) is 0 Å². The molecule has 0 aliphatic carbocycles. The maximum atomic E-state index is 10.1. The van der Waals surface area contributed by atoms with Gasteiger partial charge in [0.25, 0.3) is 5.97 Å². The zero-order chi connectivity index (χ0) is 22.6. The molecule has 31 heavy (non-hydrogen) atoms. The number of aliphatic carboxylic acids is 1. The Morgan fingerprint density at radius 1 is 0.774 bits per heavy atom. The highest BCUT2D eigenvalue weighted by molar-refractivity contribution is 5.97. The number of hydrogen-bond donors (Lipinski definition) is 2. The van der Waals surface area contributed by atoms with Crippen LogP contribution in [0.2, 0.25) is 0 Å². The van der Waals surface area contributed by atoms with Gasteiger partial charge in [0.05, 0.1) is 32.5 Å². The minimum Gasteiger partial charge on any atom is -0.507 e. The number of azo groups is 1. The summed E-state index contributed by atoms with van der Waals surface area (Å²) in [6.07, 6.45) is 0. The van der Waals surface area contributed by atoms with Gasteiger partial charge >= 0.3 is 0 Å². The number of fused-ring (bicyclic) bond motifs is 2. The molecule has 0 unspecified atom stereocenters. The summed E-state index contributed by atoms with van der Waals surface area (Å²) < 4.78 is 0.740. The van der Waals surface area contributed by atoms with E-state index < -0.39 is 5.97 Å². The number of phenols is 1. The van der Waals surface area contributed by atoms with E-state index in [2.05, 4.69) is 55.6 Å². The fourth-order valence-electron chi connectivity index (χ4n) is 3.21. The predicted octanol–water partition coefficient (Wildman–Crippen LogP) is 6.40. The lowest BCUT2D eigenvalue weighted by Crippen LogP contribution is -2.34. The van der Waals surface area contributed by atoms with Gasteiger partial charge in [0.2, 0.25) is 0 Å². The molecule has 0 aliphatic heterocycles. The van der Waals surface area contributed by atoms with Crippen LogP contribution in [0.5, 0.6) is 5.75 Å². The second-order valence-corrected chi connectivity index (χ2v) is 8.06. The highest BCUT2D eigenvalue weighted by atomic mass is 16.4. The van der Waals surface area contributed by atoms with Crippen LogP contribution in [0.15, 0.2) is 83.0 Å². The first kappa shape index (κ1) is 21.9. The topological polar surface area (TPSA) is 82.2 Å². The summed E-state index contributed by atoms with van der Waals surface area (Å²) in [5.41, 5.74) is 2.78. The van der Waals surface area contributed by atoms with Gasteiger partial charge in [0.15, 0.2) is 0 Å². The highest BCUT2D eigenvalue weighted by Gasteiger charge is 2.13. The summed E-state index contributed by atoms with van der Waals surface area (Å²) in [5, 5.41) is 30.4. The van der Waals surface area contributed by atoms with E-state index in [0.29, 0.717) is 0 Å². The van der Waals surface area contributed by atoms with Gasteiger partial charge in [0.1, 0.15) is 11.4 Å². The molecule has 0 radical (unpaired) electrons. The molecule has 2 N–H and O–H groups in total. The van der Waals surface area contributed by atoms with Crippen LogP contribution in [0.25, 0.3) is 21.5 Å². The molecule has 0 amide bonds. The van der Waals surface area contributed by atoms with Crippen LogP contribution in [-0.2, 0) is 4.79 Å². The lowest BCUT2D eigenvalue weighted by Gasteiger charge is -2.23. The largest absolute Gasteiger partial charge is 0.507 e. The average Bonchev–Trinajstić information content (AvgIpc) is 2.72. The first-order chi connectivity index (χ1) is 14.7. The predicted molar refractivity (Wildman–Crippen MR) is 127 cm³/mol. The van der Waals surface area contributed by atoms with E-state index in [4.69, 9.17) is 9.90 Å². The van der Waals surface area contributed by atoms with E-state index in [1.807, 2.05) is 36.4 Å². The lowest BCUT2D eigenvalue weighted by atomic mass is 10.1. The average molecular weight is 417 g/mol. The van der Waals surface area contributed by atoms with Gasteiger partial charge < -0.3 is 10.2 Å². The number of rotatable bonds is 3. The minimum atomic E-state index is -0.833. The molecule has 4 aromatic carbocycles. The fraction of sp³-hybridized carbons (Fsp3) is 0.160. The molecule has 0 saturated carbocycles. The Balaban J connectivity index is 0.000000628. The molecule has 158 valence electrons. The quantitative estimate of drug-likeness (QED) is 0.299. The first-order valence-corrected chi connectivity index (χ1v) is 9.83.